The van der Waals surface area contributed by atoms with Crippen molar-refractivity contribution in [3.05, 3.63) is 207 Å². The molecule has 3 fully saturated rings. The van der Waals surface area contributed by atoms with Gasteiger partial charge in [0.25, 0.3) is 0 Å². The summed E-state index contributed by atoms with van der Waals surface area (Å²) in [7, 11) is 1.68. The lowest BCUT2D eigenvalue weighted by Gasteiger charge is -2.20. The molecule has 3 aliphatic carbocycles. The second-order valence-electron chi connectivity index (χ2n) is 17.3. The van der Waals surface area contributed by atoms with E-state index in [0.717, 1.165) is 66.8 Å². The maximum Gasteiger partial charge on any atom is 0.311 e. The summed E-state index contributed by atoms with van der Waals surface area (Å²) >= 11 is 4.89. The normalized spacial score (nSPS) is 22.6. The van der Waals surface area contributed by atoms with Gasteiger partial charge in [0.2, 0.25) is 5.91 Å². The maximum absolute atomic E-state index is 12.2. The molecule has 3 aliphatic rings. The number of ether oxygens (including phenoxy) is 3. The third-order valence-electron chi connectivity index (χ3n) is 12.9. The van der Waals surface area contributed by atoms with Gasteiger partial charge in [-0.15, -0.1) is 40.6 Å². The van der Waals surface area contributed by atoms with Crippen LogP contribution in [-0.4, -0.2) is 35.7 Å². The monoisotopic (exact) mass is 971 g/mol. The van der Waals surface area contributed by atoms with Gasteiger partial charge in [0.15, 0.2) is 11.2 Å². The number of fused-ring (bicyclic) bond motifs is 3. The molecule has 3 heterocycles. The molecule has 6 atom stereocenters. The number of allylic oxidation sites excluding steroid dienone is 1. The molecule has 0 radical (unpaired) electrons. The fourth-order valence-corrected chi connectivity index (χ4v) is 11.9. The molecule has 350 valence electrons. The van der Waals surface area contributed by atoms with Crippen molar-refractivity contribution < 1.29 is 34.0 Å². The molecule has 0 bridgehead atoms. The predicted octanol–water partition coefficient (Wildman–Crippen LogP) is 13.6. The third-order valence-corrected chi connectivity index (χ3v) is 16.0. The summed E-state index contributed by atoms with van der Waals surface area (Å²) in [4.78, 5) is 26.9. The lowest BCUT2D eigenvalue weighted by atomic mass is 10.1. The summed E-state index contributed by atoms with van der Waals surface area (Å²) in [6, 6.07) is 54.6. The summed E-state index contributed by atoms with van der Waals surface area (Å²) in [5.41, 5.74) is -1.59. The fraction of sp³-hybridized carbons (Fsp3) is 0.207. The average molecular weight is 972 g/mol. The standard InChI is InChI=1S/C19H17NO2S.C18H14O3S.C18H16O2S.C3H6/c1-20-18(21)15-12-19(15,17-10-5-11-23-17)22-16-9-4-7-13-6-2-3-8-14(13)16;19-17(20)14-11-18(14,16-9-4-10-22-16)21-15-8-3-6-12-5-1-2-7-13(12)15;19-12-14-11-18(14,17-9-4-10-21-17)20-16-8-3-6-13-5-1-2-7-15(13)16;1-3-2/h2-11,15H,12H2,1H3,(H,20,21);1-10,14H,11H2,(H,19,20);1-10,14,19H,11-12H2;3H,1H2,2H3/t15-,19+;2*14-,18+;/m111./s1. The average Bonchev–Trinajstić information content (AvgIpc) is 4.16. The van der Waals surface area contributed by atoms with Crippen LogP contribution >= 0.6 is 34.0 Å². The van der Waals surface area contributed by atoms with Crippen molar-refractivity contribution in [2.24, 2.45) is 17.8 Å². The minimum Gasteiger partial charge on any atom is -0.481 e. The largest absolute Gasteiger partial charge is 0.481 e. The molecule has 8 nitrogen and oxygen atoms in total. The van der Waals surface area contributed by atoms with Gasteiger partial charge in [-0.05, 0) is 75.6 Å². The number of aliphatic carboxylic acids is 1. The number of rotatable bonds is 12. The van der Waals surface area contributed by atoms with E-state index in [2.05, 4.69) is 65.8 Å². The Hall–Kier alpha value is -6.76. The van der Waals surface area contributed by atoms with E-state index < -0.39 is 23.1 Å². The van der Waals surface area contributed by atoms with Crippen molar-refractivity contribution >= 4 is 78.2 Å². The smallest absolute Gasteiger partial charge is 0.311 e. The summed E-state index contributed by atoms with van der Waals surface area (Å²) in [5.74, 6) is 1.30. The number of hydrogen-bond donors (Lipinski definition) is 3. The number of nitrogens with one attached hydrogen (secondary N) is 1. The van der Waals surface area contributed by atoms with Gasteiger partial charge in [0.05, 0.1) is 12.5 Å². The Bertz CT molecular complexity index is 3170. The molecule has 69 heavy (non-hydrogen) atoms. The van der Waals surface area contributed by atoms with Gasteiger partial charge in [0, 0.05) is 63.0 Å². The minimum absolute atomic E-state index is 0.0404. The van der Waals surface area contributed by atoms with Crippen molar-refractivity contribution in [2.75, 3.05) is 13.7 Å². The van der Waals surface area contributed by atoms with Gasteiger partial charge in [-0.2, -0.15) is 0 Å². The molecule has 0 unspecified atom stereocenters. The highest BCUT2D eigenvalue weighted by Gasteiger charge is 2.64. The first-order chi connectivity index (χ1) is 33.7. The highest BCUT2D eigenvalue weighted by molar-refractivity contribution is 7.10. The number of amides is 1. The minimum atomic E-state index is -0.798. The summed E-state index contributed by atoms with van der Waals surface area (Å²) < 4.78 is 19.2. The van der Waals surface area contributed by atoms with E-state index in [1.54, 1.807) is 47.1 Å². The number of carbonyl (C=O) groups excluding carboxylic acids is 1. The fourth-order valence-electron chi connectivity index (χ4n) is 9.12. The SMILES string of the molecule is C=CC.CNC(=O)[C@H]1C[C@@]1(Oc1cccc2ccccc12)c1cccs1.O=C(O)[C@H]1C[C@@]1(Oc1cccc2ccccc12)c1cccs1.OC[C@H]1C[C@@]1(Oc1cccc2ccccc12)c1cccs1. The first-order valence-corrected chi connectivity index (χ1v) is 25.6. The molecule has 6 aromatic carbocycles. The third kappa shape index (κ3) is 9.65. The van der Waals surface area contributed by atoms with Crippen LogP contribution in [0.25, 0.3) is 32.3 Å². The van der Waals surface area contributed by atoms with Crippen LogP contribution < -0.4 is 19.5 Å². The first kappa shape index (κ1) is 47.3. The van der Waals surface area contributed by atoms with E-state index in [1.165, 1.54) is 10.3 Å². The quantitative estimate of drug-likeness (QED) is 0.104. The lowest BCUT2D eigenvalue weighted by molar-refractivity contribution is -0.140. The summed E-state index contributed by atoms with van der Waals surface area (Å²) in [6.07, 6.45) is 3.87. The van der Waals surface area contributed by atoms with Crippen molar-refractivity contribution in [1.29, 1.82) is 0 Å². The molecule has 3 N–H and O–H groups in total. The van der Waals surface area contributed by atoms with Crippen LogP contribution in [0.3, 0.4) is 0 Å². The van der Waals surface area contributed by atoms with Crippen LogP contribution in [0.2, 0.25) is 0 Å². The number of thiophene rings is 3. The number of hydrogen-bond acceptors (Lipinski definition) is 9. The van der Waals surface area contributed by atoms with E-state index in [1.807, 2.05) is 133 Å². The molecule has 11 heteroatoms. The second-order valence-corrected chi connectivity index (χ2v) is 20.1. The highest BCUT2D eigenvalue weighted by atomic mass is 32.1. The van der Waals surface area contributed by atoms with E-state index in [-0.39, 0.29) is 30.0 Å². The lowest BCUT2D eigenvalue weighted by Crippen LogP contribution is -2.28. The van der Waals surface area contributed by atoms with Gasteiger partial charge in [-0.1, -0.05) is 133 Å². The number of benzene rings is 6. The predicted molar refractivity (Wildman–Crippen MR) is 281 cm³/mol. The number of carboxylic acids is 1. The van der Waals surface area contributed by atoms with Crippen molar-refractivity contribution in [1.82, 2.24) is 5.32 Å². The molecule has 0 saturated heterocycles. The maximum atomic E-state index is 12.2. The van der Waals surface area contributed by atoms with Gasteiger partial charge in [0.1, 0.15) is 28.8 Å². The number of carbonyl (C=O) groups is 2. The zero-order valence-corrected chi connectivity index (χ0v) is 40.8. The van der Waals surface area contributed by atoms with Gasteiger partial charge in [-0.3, -0.25) is 9.59 Å². The van der Waals surface area contributed by atoms with Crippen LogP contribution in [0.4, 0.5) is 0 Å². The van der Waals surface area contributed by atoms with Gasteiger partial charge >= 0.3 is 5.97 Å². The molecule has 3 saturated carbocycles. The molecule has 3 aromatic heterocycles. The molecule has 0 aliphatic heterocycles. The Morgan fingerprint density at radius 1 is 0.565 bits per heavy atom. The van der Waals surface area contributed by atoms with Crippen LogP contribution in [0.5, 0.6) is 17.2 Å². The van der Waals surface area contributed by atoms with Crippen LogP contribution in [-0.2, 0) is 26.4 Å². The zero-order valence-electron chi connectivity index (χ0n) is 38.3. The van der Waals surface area contributed by atoms with Crippen molar-refractivity contribution in [2.45, 2.75) is 43.0 Å². The van der Waals surface area contributed by atoms with Crippen LogP contribution in [0, 0.1) is 17.8 Å². The van der Waals surface area contributed by atoms with Crippen molar-refractivity contribution in [3.63, 3.8) is 0 Å². The van der Waals surface area contributed by atoms with E-state index in [0.29, 0.717) is 6.42 Å². The summed E-state index contributed by atoms with van der Waals surface area (Å²) in [5, 5.41) is 34.4. The Balaban J connectivity index is 0.000000125. The first-order valence-electron chi connectivity index (χ1n) is 22.9. The molecular formula is C58H53NO7S3. The molecule has 0 spiro atoms. The Morgan fingerprint density at radius 2 is 0.928 bits per heavy atom. The number of aliphatic hydroxyl groups excluding tert-OH is 1. The zero-order chi connectivity index (χ0) is 48.0. The topological polar surface area (TPSA) is 114 Å². The second kappa shape index (κ2) is 20.5. The van der Waals surface area contributed by atoms with Crippen LogP contribution in [0.1, 0.15) is 40.8 Å². The molecule has 12 rings (SSSR count). The number of aliphatic hydroxyl groups is 1. The molecule has 9 aromatic rings. The van der Waals surface area contributed by atoms with E-state index in [4.69, 9.17) is 14.2 Å². The van der Waals surface area contributed by atoms with E-state index in [9.17, 15) is 19.8 Å². The summed E-state index contributed by atoms with van der Waals surface area (Å²) in [6.45, 7) is 5.42. The molecule has 1 amide bonds. The van der Waals surface area contributed by atoms with Gasteiger partial charge in [-0.25, -0.2) is 0 Å². The van der Waals surface area contributed by atoms with Crippen molar-refractivity contribution in [3.8, 4) is 17.2 Å². The molecular weight excluding hydrogens is 919 g/mol. The van der Waals surface area contributed by atoms with E-state index >= 15 is 0 Å². The Morgan fingerprint density at radius 3 is 1.28 bits per heavy atom. The Labute approximate surface area is 414 Å². The Kier molecular flexibility index (Phi) is 14.0. The highest BCUT2D eigenvalue weighted by Crippen LogP contribution is 2.59. The van der Waals surface area contributed by atoms with Gasteiger partial charge < -0.3 is 29.7 Å². The van der Waals surface area contributed by atoms with Crippen LogP contribution in [0.15, 0.2) is 193 Å². The number of carboxylic acid groups (broad SMARTS) is 1.